The normalized spacial score (nSPS) is 19.4. The van der Waals surface area contributed by atoms with Crippen molar-refractivity contribution in [2.75, 3.05) is 0 Å². The lowest BCUT2D eigenvalue weighted by molar-refractivity contribution is 0.461. The number of rotatable bonds is 5. The van der Waals surface area contributed by atoms with Crippen molar-refractivity contribution in [1.29, 1.82) is 5.41 Å². The summed E-state index contributed by atoms with van der Waals surface area (Å²) >= 11 is 0. The number of nitrogens with one attached hydrogen (secondary N) is 1. The lowest BCUT2D eigenvalue weighted by atomic mass is 9.88. The van der Waals surface area contributed by atoms with Crippen LogP contribution in [-0.4, -0.2) is 6.21 Å². The van der Waals surface area contributed by atoms with Crippen molar-refractivity contribution in [3.05, 3.63) is 23.4 Å². The van der Waals surface area contributed by atoms with E-state index in [1.807, 2.05) is 0 Å². The van der Waals surface area contributed by atoms with E-state index >= 15 is 0 Å². The third-order valence-electron chi connectivity index (χ3n) is 2.94. The average molecular weight is 192 g/mol. The molecule has 2 nitrogen and oxygen atoms in total. The van der Waals surface area contributed by atoms with E-state index in [1.54, 1.807) is 6.08 Å². The van der Waals surface area contributed by atoms with Crippen LogP contribution in [0, 0.1) is 17.2 Å². The van der Waals surface area contributed by atoms with Crippen LogP contribution in [0.2, 0.25) is 0 Å². The molecule has 1 rings (SSSR count). The fourth-order valence-electron chi connectivity index (χ4n) is 1.62. The Bertz CT molecular complexity index is 257. The summed E-state index contributed by atoms with van der Waals surface area (Å²) in [5, 5.41) is 6.99. The zero-order chi connectivity index (χ0) is 10.6. The fraction of sp³-hybridized carbons (Fsp3) is 0.583. The summed E-state index contributed by atoms with van der Waals surface area (Å²) in [6.07, 6.45) is 8.64. The highest BCUT2D eigenvalue weighted by Gasteiger charge is 2.23. The van der Waals surface area contributed by atoms with Crippen molar-refractivity contribution in [3.8, 4) is 0 Å². The molecule has 2 unspecified atom stereocenters. The first-order chi connectivity index (χ1) is 6.70. The molecule has 0 saturated heterocycles. The first-order valence-corrected chi connectivity index (χ1v) is 5.35. The molecule has 0 aromatic rings. The SMILES string of the molecule is CCC(C)C(/C=C\C=N)C(N)=C1CC1. The van der Waals surface area contributed by atoms with E-state index in [0.29, 0.717) is 11.8 Å². The predicted octanol–water partition coefficient (Wildman–Crippen LogP) is 2.86. The van der Waals surface area contributed by atoms with Crippen molar-refractivity contribution in [2.45, 2.75) is 33.1 Å². The molecule has 2 heteroatoms. The maximum atomic E-state index is 6.99. The van der Waals surface area contributed by atoms with E-state index in [2.05, 4.69) is 19.9 Å². The van der Waals surface area contributed by atoms with E-state index in [-0.39, 0.29) is 0 Å². The average Bonchev–Trinajstić information content (AvgIpc) is 3.00. The highest BCUT2D eigenvalue weighted by molar-refractivity contribution is 5.67. The second kappa shape index (κ2) is 4.99. The highest BCUT2D eigenvalue weighted by Crippen LogP contribution is 2.35. The topological polar surface area (TPSA) is 49.9 Å². The van der Waals surface area contributed by atoms with Gasteiger partial charge in [0.15, 0.2) is 0 Å². The molecule has 0 aromatic heterocycles. The van der Waals surface area contributed by atoms with Crippen LogP contribution in [0.25, 0.3) is 0 Å². The molecule has 1 saturated carbocycles. The Labute approximate surface area is 86.4 Å². The quantitative estimate of drug-likeness (QED) is 0.646. The van der Waals surface area contributed by atoms with Crippen LogP contribution < -0.4 is 5.73 Å². The van der Waals surface area contributed by atoms with Gasteiger partial charge in [-0.3, -0.25) is 0 Å². The molecule has 0 heterocycles. The standard InChI is InChI=1S/C12H20N2/c1-3-9(2)11(5-4-8-13)12(14)10-6-7-10/h4-5,8-9,11,13H,3,6-7,14H2,1-2H3/b5-4-,13-8?. The Hall–Kier alpha value is -1.05. The minimum absolute atomic E-state index is 0.332. The number of nitrogens with two attached hydrogens (primary N) is 1. The highest BCUT2D eigenvalue weighted by atomic mass is 14.6. The Morgan fingerprint density at radius 3 is 2.64 bits per heavy atom. The van der Waals surface area contributed by atoms with Crippen molar-refractivity contribution in [3.63, 3.8) is 0 Å². The summed E-state index contributed by atoms with van der Waals surface area (Å²) in [6, 6.07) is 0. The monoisotopic (exact) mass is 192 g/mol. The first kappa shape index (κ1) is 11.0. The van der Waals surface area contributed by atoms with Gasteiger partial charge in [0.2, 0.25) is 0 Å². The number of allylic oxidation sites excluding steroid dienone is 3. The van der Waals surface area contributed by atoms with Crippen LogP contribution in [0.1, 0.15) is 33.1 Å². The first-order valence-electron chi connectivity index (χ1n) is 5.35. The second-order valence-electron chi connectivity index (χ2n) is 4.02. The van der Waals surface area contributed by atoms with E-state index in [1.165, 1.54) is 24.6 Å². The second-order valence-corrected chi connectivity index (χ2v) is 4.02. The smallest absolute Gasteiger partial charge is 0.0193 e. The van der Waals surface area contributed by atoms with Gasteiger partial charge >= 0.3 is 0 Å². The van der Waals surface area contributed by atoms with E-state index in [4.69, 9.17) is 11.1 Å². The van der Waals surface area contributed by atoms with Crippen molar-refractivity contribution < 1.29 is 0 Å². The predicted molar refractivity (Wildman–Crippen MR) is 61.3 cm³/mol. The molecule has 3 N–H and O–H groups in total. The molecule has 1 aliphatic carbocycles. The zero-order valence-electron chi connectivity index (χ0n) is 9.09. The number of hydrogen-bond donors (Lipinski definition) is 2. The van der Waals surface area contributed by atoms with Crippen LogP contribution in [0.5, 0.6) is 0 Å². The van der Waals surface area contributed by atoms with Gasteiger partial charge in [-0.2, -0.15) is 0 Å². The molecule has 0 radical (unpaired) electrons. The number of hydrogen-bond acceptors (Lipinski definition) is 2. The van der Waals surface area contributed by atoms with Crippen molar-refractivity contribution >= 4 is 6.21 Å². The van der Waals surface area contributed by atoms with Gasteiger partial charge in [-0.1, -0.05) is 31.9 Å². The largest absolute Gasteiger partial charge is 0.402 e. The van der Waals surface area contributed by atoms with Crippen LogP contribution in [-0.2, 0) is 0 Å². The lowest BCUT2D eigenvalue weighted by Gasteiger charge is -2.20. The summed E-state index contributed by atoms with van der Waals surface area (Å²) in [5.41, 5.74) is 8.57. The summed E-state index contributed by atoms with van der Waals surface area (Å²) in [6.45, 7) is 4.40. The summed E-state index contributed by atoms with van der Waals surface area (Å²) < 4.78 is 0. The Morgan fingerprint density at radius 2 is 2.21 bits per heavy atom. The fourth-order valence-corrected chi connectivity index (χ4v) is 1.62. The van der Waals surface area contributed by atoms with E-state index in [0.717, 1.165) is 12.1 Å². The molecule has 2 atom stereocenters. The Morgan fingerprint density at radius 1 is 1.57 bits per heavy atom. The third-order valence-corrected chi connectivity index (χ3v) is 2.94. The Kier molecular flexibility index (Phi) is 3.93. The van der Waals surface area contributed by atoms with E-state index in [9.17, 15) is 0 Å². The van der Waals surface area contributed by atoms with E-state index < -0.39 is 0 Å². The van der Waals surface area contributed by atoms with Crippen LogP contribution in [0.15, 0.2) is 23.4 Å². The van der Waals surface area contributed by atoms with Gasteiger partial charge in [-0.25, -0.2) is 0 Å². The van der Waals surface area contributed by atoms with Gasteiger partial charge < -0.3 is 11.1 Å². The van der Waals surface area contributed by atoms with Gasteiger partial charge in [0.05, 0.1) is 0 Å². The molecule has 0 aliphatic heterocycles. The third kappa shape index (κ3) is 2.72. The minimum Gasteiger partial charge on any atom is -0.402 e. The Balaban J connectivity index is 2.75. The zero-order valence-corrected chi connectivity index (χ0v) is 9.09. The maximum Gasteiger partial charge on any atom is 0.0193 e. The molecule has 0 spiro atoms. The molecule has 1 fully saturated rings. The van der Waals surface area contributed by atoms with Crippen LogP contribution >= 0.6 is 0 Å². The molecule has 14 heavy (non-hydrogen) atoms. The summed E-state index contributed by atoms with van der Waals surface area (Å²) in [5.74, 6) is 0.901. The van der Waals surface area contributed by atoms with Crippen LogP contribution in [0.3, 0.4) is 0 Å². The lowest BCUT2D eigenvalue weighted by Crippen LogP contribution is -2.17. The molecule has 0 amide bonds. The summed E-state index contributed by atoms with van der Waals surface area (Å²) in [4.78, 5) is 0. The molecule has 0 aromatic carbocycles. The van der Waals surface area contributed by atoms with Gasteiger partial charge in [0, 0.05) is 17.8 Å². The van der Waals surface area contributed by atoms with Gasteiger partial charge in [-0.15, -0.1) is 0 Å². The van der Waals surface area contributed by atoms with Gasteiger partial charge in [-0.05, 0) is 24.8 Å². The van der Waals surface area contributed by atoms with Crippen molar-refractivity contribution in [2.24, 2.45) is 17.6 Å². The molecule has 1 aliphatic rings. The molecular weight excluding hydrogens is 172 g/mol. The van der Waals surface area contributed by atoms with Gasteiger partial charge in [0.1, 0.15) is 0 Å². The van der Waals surface area contributed by atoms with Crippen molar-refractivity contribution in [1.82, 2.24) is 0 Å². The minimum atomic E-state index is 0.332. The summed E-state index contributed by atoms with van der Waals surface area (Å²) in [7, 11) is 0. The molecular formula is C12H20N2. The van der Waals surface area contributed by atoms with Gasteiger partial charge in [0.25, 0.3) is 0 Å². The molecule has 78 valence electrons. The van der Waals surface area contributed by atoms with Crippen LogP contribution in [0.4, 0.5) is 0 Å². The molecule has 0 bridgehead atoms. The maximum absolute atomic E-state index is 6.99.